The summed E-state index contributed by atoms with van der Waals surface area (Å²) in [6.07, 6.45) is 0. The summed E-state index contributed by atoms with van der Waals surface area (Å²) in [7, 11) is 1.57. The van der Waals surface area contributed by atoms with Crippen molar-refractivity contribution < 1.29 is 14.5 Å². The molecule has 0 fully saturated rings. The zero-order valence-electron chi connectivity index (χ0n) is 13.6. The highest BCUT2D eigenvalue weighted by Gasteiger charge is 2.10. The average molecular weight is 327 g/mol. The number of methoxy groups -OCH3 is 1. The number of benzene rings is 2. The van der Waals surface area contributed by atoms with Gasteiger partial charge in [-0.05, 0) is 38.1 Å². The monoisotopic (exact) mass is 327 g/mol. The Morgan fingerprint density at radius 3 is 2.46 bits per heavy atom. The summed E-state index contributed by atoms with van der Waals surface area (Å²) in [5.41, 5.74) is 5.06. The third-order valence-electron chi connectivity index (χ3n) is 3.41. The van der Waals surface area contributed by atoms with E-state index in [1.807, 2.05) is 25.1 Å². The van der Waals surface area contributed by atoms with Crippen LogP contribution < -0.4 is 10.2 Å². The van der Waals surface area contributed by atoms with E-state index in [4.69, 9.17) is 4.74 Å². The lowest BCUT2D eigenvalue weighted by Crippen LogP contribution is -2.19. The first-order valence-electron chi connectivity index (χ1n) is 7.16. The van der Waals surface area contributed by atoms with Gasteiger partial charge in [-0.15, -0.1) is 0 Å². The Balaban J connectivity index is 2.16. The molecule has 0 aromatic heterocycles. The fraction of sp³-hybridized carbons (Fsp3) is 0.176. The fourth-order valence-corrected chi connectivity index (χ4v) is 2.10. The lowest BCUT2D eigenvalue weighted by atomic mass is 10.1. The van der Waals surface area contributed by atoms with Crippen LogP contribution in [-0.2, 0) is 0 Å². The number of hydrogen-bond donors (Lipinski definition) is 1. The highest BCUT2D eigenvalue weighted by Crippen LogP contribution is 2.20. The van der Waals surface area contributed by atoms with Crippen molar-refractivity contribution in [2.75, 3.05) is 7.11 Å². The number of hydrogen-bond acceptors (Lipinski definition) is 5. The molecule has 2 aromatic carbocycles. The predicted octanol–water partition coefficient (Wildman–Crippen LogP) is 3.07. The molecule has 0 saturated heterocycles. The molecule has 0 radical (unpaired) electrons. The van der Waals surface area contributed by atoms with Gasteiger partial charge in [-0.3, -0.25) is 14.9 Å². The molecule has 124 valence electrons. The highest BCUT2D eigenvalue weighted by atomic mass is 16.6. The Bertz CT molecular complexity index is 798. The second kappa shape index (κ2) is 7.36. The van der Waals surface area contributed by atoms with Gasteiger partial charge in [-0.25, -0.2) is 5.43 Å². The first kappa shape index (κ1) is 17.1. The Kier molecular flexibility index (Phi) is 5.26. The third-order valence-corrected chi connectivity index (χ3v) is 3.41. The third kappa shape index (κ3) is 3.95. The molecular formula is C17H17N3O4. The second-order valence-electron chi connectivity index (χ2n) is 5.15. The Labute approximate surface area is 139 Å². The quantitative estimate of drug-likeness (QED) is 0.519. The number of nitro groups is 1. The lowest BCUT2D eigenvalue weighted by molar-refractivity contribution is -0.384. The number of amides is 1. The molecule has 0 aliphatic carbocycles. The fourth-order valence-electron chi connectivity index (χ4n) is 2.10. The SMILES string of the molecule is COc1ccc(C)cc1/C(C)=N\NC(=O)c1ccc([N+](=O)[O-])cc1. The molecule has 24 heavy (non-hydrogen) atoms. The maximum atomic E-state index is 12.1. The van der Waals surface area contributed by atoms with Crippen molar-refractivity contribution in [2.24, 2.45) is 5.10 Å². The molecular weight excluding hydrogens is 310 g/mol. The summed E-state index contributed by atoms with van der Waals surface area (Å²) >= 11 is 0. The topological polar surface area (TPSA) is 93.8 Å². The van der Waals surface area contributed by atoms with E-state index in [2.05, 4.69) is 10.5 Å². The maximum absolute atomic E-state index is 12.1. The minimum atomic E-state index is -0.520. The largest absolute Gasteiger partial charge is 0.496 e. The molecule has 0 aliphatic rings. The van der Waals surface area contributed by atoms with Crippen molar-refractivity contribution in [1.29, 1.82) is 0 Å². The Morgan fingerprint density at radius 2 is 1.88 bits per heavy atom. The molecule has 1 amide bonds. The maximum Gasteiger partial charge on any atom is 0.271 e. The zero-order valence-corrected chi connectivity index (χ0v) is 13.6. The van der Waals surface area contributed by atoms with Gasteiger partial charge >= 0.3 is 0 Å². The summed E-state index contributed by atoms with van der Waals surface area (Å²) in [6, 6.07) is 11.0. The van der Waals surface area contributed by atoms with Gasteiger partial charge in [-0.2, -0.15) is 5.10 Å². The molecule has 2 aromatic rings. The molecule has 0 heterocycles. The summed E-state index contributed by atoms with van der Waals surface area (Å²) in [6.45, 7) is 3.71. The van der Waals surface area contributed by atoms with E-state index in [-0.39, 0.29) is 11.3 Å². The first-order chi connectivity index (χ1) is 11.4. The molecule has 0 bridgehead atoms. The number of rotatable bonds is 5. The summed E-state index contributed by atoms with van der Waals surface area (Å²) in [4.78, 5) is 22.2. The van der Waals surface area contributed by atoms with E-state index >= 15 is 0 Å². The van der Waals surface area contributed by atoms with Crippen molar-refractivity contribution in [2.45, 2.75) is 13.8 Å². The van der Waals surface area contributed by atoms with Gasteiger partial charge in [-0.1, -0.05) is 11.6 Å². The summed E-state index contributed by atoms with van der Waals surface area (Å²) in [5, 5.41) is 14.7. The molecule has 0 saturated carbocycles. The van der Waals surface area contributed by atoms with Crippen LogP contribution in [0.3, 0.4) is 0 Å². The minimum absolute atomic E-state index is 0.0734. The van der Waals surface area contributed by atoms with Crippen molar-refractivity contribution in [3.8, 4) is 5.75 Å². The van der Waals surface area contributed by atoms with Crippen LogP contribution in [0.1, 0.15) is 28.4 Å². The minimum Gasteiger partial charge on any atom is -0.496 e. The number of non-ortho nitro benzene ring substituents is 1. The number of nitro benzene ring substituents is 1. The van der Waals surface area contributed by atoms with E-state index in [1.165, 1.54) is 24.3 Å². The zero-order chi connectivity index (χ0) is 17.7. The molecule has 2 rings (SSSR count). The van der Waals surface area contributed by atoms with E-state index in [0.29, 0.717) is 11.5 Å². The lowest BCUT2D eigenvalue weighted by Gasteiger charge is -2.09. The molecule has 0 unspecified atom stereocenters. The van der Waals surface area contributed by atoms with Gasteiger partial charge < -0.3 is 4.74 Å². The molecule has 7 heteroatoms. The number of nitrogens with one attached hydrogen (secondary N) is 1. The van der Waals surface area contributed by atoms with Crippen molar-refractivity contribution in [3.05, 3.63) is 69.3 Å². The molecule has 0 spiro atoms. The Morgan fingerprint density at radius 1 is 1.21 bits per heavy atom. The second-order valence-corrected chi connectivity index (χ2v) is 5.15. The van der Waals surface area contributed by atoms with Crippen LogP contribution in [0.4, 0.5) is 5.69 Å². The van der Waals surface area contributed by atoms with Crippen LogP contribution in [0, 0.1) is 17.0 Å². The van der Waals surface area contributed by atoms with Crippen molar-refractivity contribution in [3.63, 3.8) is 0 Å². The van der Waals surface area contributed by atoms with Gasteiger partial charge in [0, 0.05) is 23.3 Å². The van der Waals surface area contributed by atoms with E-state index in [9.17, 15) is 14.9 Å². The van der Waals surface area contributed by atoms with Crippen molar-refractivity contribution >= 4 is 17.3 Å². The normalized spacial score (nSPS) is 11.0. The molecule has 0 atom stereocenters. The number of ether oxygens (including phenoxy) is 1. The van der Waals surface area contributed by atoms with Crippen molar-refractivity contribution in [1.82, 2.24) is 5.43 Å². The van der Waals surface area contributed by atoms with Crippen LogP contribution in [0.2, 0.25) is 0 Å². The van der Waals surface area contributed by atoms with Gasteiger partial charge in [0.15, 0.2) is 0 Å². The highest BCUT2D eigenvalue weighted by molar-refractivity contribution is 6.02. The van der Waals surface area contributed by atoms with Gasteiger partial charge in [0.25, 0.3) is 11.6 Å². The van der Waals surface area contributed by atoms with Crippen LogP contribution in [0.25, 0.3) is 0 Å². The van der Waals surface area contributed by atoms with E-state index in [1.54, 1.807) is 14.0 Å². The van der Waals surface area contributed by atoms with Gasteiger partial charge in [0.2, 0.25) is 0 Å². The predicted molar refractivity (Wildman–Crippen MR) is 90.5 cm³/mol. The molecule has 0 aliphatic heterocycles. The van der Waals surface area contributed by atoms with Gasteiger partial charge in [0.1, 0.15) is 5.75 Å². The average Bonchev–Trinajstić information content (AvgIpc) is 2.59. The number of carbonyl (C=O) groups excluding carboxylic acids is 1. The molecule has 7 nitrogen and oxygen atoms in total. The Hall–Kier alpha value is -3.22. The number of aryl methyl sites for hydroxylation is 1. The molecule has 1 N–H and O–H groups in total. The summed E-state index contributed by atoms with van der Waals surface area (Å²) < 4.78 is 5.29. The summed E-state index contributed by atoms with van der Waals surface area (Å²) in [5.74, 6) is 0.210. The standard InChI is InChI=1S/C17H17N3O4/c1-11-4-9-16(24-3)15(10-11)12(2)18-19-17(21)13-5-7-14(8-6-13)20(22)23/h4-10H,1-3H3,(H,19,21)/b18-12-. The van der Waals surface area contributed by atoms with Crippen LogP contribution in [-0.4, -0.2) is 23.7 Å². The van der Waals surface area contributed by atoms with Crippen LogP contribution in [0.5, 0.6) is 5.75 Å². The smallest absolute Gasteiger partial charge is 0.271 e. The number of hydrazone groups is 1. The van der Waals surface area contributed by atoms with E-state index < -0.39 is 10.8 Å². The van der Waals surface area contributed by atoms with Crippen LogP contribution in [0.15, 0.2) is 47.6 Å². The van der Waals surface area contributed by atoms with Gasteiger partial charge in [0.05, 0.1) is 17.7 Å². The number of nitrogens with zero attached hydrogens (tertiary/aromatic N) is 2. The first-order valence-corrected chi connectivity index (χ1v) is 7.16. The van der Waals surface area contributed by atoms with Crippen LogP contribution >= 0.6 is 0 Å². The number of carbonyl (C=O) groups is 1. The van der Waals surface area contributed by atoms with E-state index in [0.717, 1.165) is 11.1 Å².